The first kappa shape index (κ1) is 13.3. The molecule has 1 saturated heterocycles. The van der Waals surface area contributed by atoms with Crippen molar-refractivity contribution in [2.75, 3.05) is 19.8 Å². The van der Waals surface area contributed by atoms with Crippen LogP contribution in [0.4, 0.5) is 0 Å². The Morgan fingerprint density at radius 2 is 1.94 bits per heavy atom. The molecule has 3 nitrogen and oxygen atoms in total. The van der Waals surface area contributed by atoms with Gasteiger partial charge in [-0.1, -0.05) is 26.2 Å². The summed E-state index contributed by atoms with van der Waals surface area (Å²) >= 11 is 0. The summed E-state index contributed by atoms with van der Waals surface area (Å²) < 4.78 is 5.46. The lowest BCUT2D eigenvalue weighted by Gasteiger charge is -2.54. The molecule has 1 heterocycles. The molecular formula is C14H27NO2. The minimum Gasteiger partial charge on any atom is -0.389 e. The van der Waals surface area contributed by atoms with Crippen LogP contribution in [0.3, 0.4) is 0 Å². The first-order valence-electron chi connectivity index (χ1n) is 7.19. The highest BCUT2D eigenvalue weighted by molar-refractivity contribution is 5.05. The van der Waals surface area contributed by atoms with Gasteiger partial charge < -0.3 is 15.6 Å². The molecule has 2 fully saturated rings. The van der Waals surface area contributed by atoms with Crippen molar-refractivity contribution in [2.45, 2.75) is 57.5 Å². The molecule has 100 valence electrons. The summed E-state index contributed by atoms with van der Waals surface area (Å²) in [5.41, 5.74) is 5.42. The Hall–Kier alpha value is -0.120. The van der Waals surface area contributed by atoms with Crippen LogP contribution in [0, 0.1) is 11.3 Å². The number of nitrogens with two attached hydrogens (primary N) is 1. The summed E-state index contributed by atoms with van der Waals surface area (Å²) in [6.07, 6.45) is 7.43. The third kappa shape index (κ3) is 2.13. The van der Waals surface area contributed by atoms with Gasteiger partial charge in [0.1, 0.15) is 0 Å². The van der Waals surface area contributed by atoms with Gasteiger partial charge in [-0.3, -0.25) is 0 Å². The van der Waals surface area contributed by atoms with Gasteiger partial charge in [-0.2, -0.15) is 0 Å². The molecule has 0 amide bonds. The van der Waals surface area contributed by atoms with Crippen LogP contribution in [0.25, 0.3) is 0 Å². The Morgan fingerprint density at radius 3 is 2.53 bits per heavy atom. The van der Waals surface area contributed by atoms with E-state index in [0.717, 1.165) is 51.7 Å². The Morgan fingerprint density at radius 1 is 1.24 bits per heavy atom. The number of rotatable bonds is 3. The fourth-order valence-corrected chi connectivity index (χ4v) is 4.04. The first-order valence-corrected chi connectivity index (χ1v) is 7.19. The first-order chi connectivity index (χ1) is 8.18. The van der Waals surface area contributed by atoms with Crippen LogP contribution in [-0.4, -0.2) is 30.5 Å². The Balaban J connectivity index is 2.25. The van der Waals surface area contributed by atoms with E-state index >= 15 is 0 Å². The molecule has 0 aromatic heterocycles. The molecule has 2 unspecified atom stereocenters. The van der Waals surface area contributed by atoms with Gasteiger partial charge in [-0.05, 0) is 31.6 Å². The van der Waals surface area contributed by atoms with Crippen LogP contribution in [0.1, 0.15) is 51.9 Å². The lowest BCUT2D eigenvalue weighted by Crippen LogP contribution is -2.60. The molecule has 0 aromatic rings. The quantitative estimate of drug-likeness (QED) is 0.795. The maximum Gasteiger partial charge on any atom is 0.0745 e. The van der Waals surface area contributed by atoms with Gasteiger partial charge >= 0.3 is 0 Å². The summed E-state index contributed by atoms with van der Waals surface area (Å²) in [4.78, 5) is 0. The minimum atomic E-state index is -0.543. The topological polar surface area (TPSA) is 55.5 Å². The molecule has 1 aliphatic carbocycles. The number of hydrogen-bond donors (Lipinski definition) is 2. The normalized spacial score (nSPS) is 37.9. The van der Waals surface area contributed by atoms with Gasteiger partial charge in [0.2, 0.25) is 0 Å². The average Bonchev–Trinajstić information content (AvgIpc) is 2.40. The average molecular weight is 241 g/mol. The summed E-state index contributed by atoms with van der Waals surface area (Å²) in [7, 11) is 0. The van der Waals surface area contributed by atoms with Crippen molar-refractivity contribution in [3.63, 3.8) is 0 Å². The second-order valence-electron chi connectivity index (χ2n) is 5.87. The highest BCUT2D eigenvalue weighted by Crippen LogP contribution is 2.51. The molecule has 2 aliphatic rings. The van der Waals surface area contributed by atoms with Crippen LogP contribution >= 0.6 is 0 Å². The van der Waals surface area contributed by atoms with Crippen molar-refractivity contribution in [3.05, 3.63) is 0 Å². The van der Waals surface area contributed by atoms with Gasteiger partial charge in [0.05, 0.1) is 5.60 Å². The summed E-state index contributed by atoms with van der Waals surface area (Å²) in [5.74, 6) is 0.429. The summed E-state index contributed by atoms with van der Waals surface area (Å²) in [5, 5.41) is 11.3. The maximum atomic E-state index is 11.3. The van der Waals surface area contributed by atoms with E-state index in [1.54, 1.807) is 0 Å². The van der Waals surface area contributed by atoms with E-state index in [0.29, 0.717) is 12.5 Å². The van der Waals surface area contributed by atoms with E-state index in [9.17, 15) is 5.11 Å². The largest absolute Gasteiger partial charge is 0.389 e. The molecule has 2 rings (SSSR count). The fraction of sp³-hybridized carbons (Fsp3) is 1.00. The molecule has 17 heavy (non-hydrogen) atoms. The van der Waals surface area contributed by atoms with Gasteiger partial charge in [0.25, 0.3) is 0 Å². The summed E-state index contributed by atoms with van der Waals surface area (Å²) in [6.45, 7) is 4.32. The Labute approximate surface area is 105 Å². The van der Waals surface area contributed by atoms with Crippen molar-refractivity contribution in [1.82, 2.24) is 0 Å². The highest BCUT2D eigenvalue weighted by Gasteiger charge is 2.54. The second-order valence-corrected chi connectivity index (χ2v) is 5.87. The fourth-order valence-electron chi connectivity index (χ4n) is 4.04. The van der Waals surface area contributed by atoms with Crippen molar-refractivity contribution in [2.24, 2.45) is 17.1 Å². The van der Waals surface area contributed by atoms with E-state index in [1.165, 1.54) is 6.42 Å². The van der Waals surface area contributed by atoms with Gasteiger partial charge in [-0.25, -0.2) is 0 Å². The third-order valence-electron chi connectivity index (χ3n) is 5.29. The molecule has 0 spiro atoms. The molecule has 3 heteroatoms. The van der Waals surface area contributed by atoms with Gasteiger partial charge in [-0.15, -0.1) is 0 Å². The minimum absolute atomic E-state index is 0.0909. The number of ether oxygens (including phenoxy) is 1. The monoisotopic (exact) mass is 241 g/mol. The third-order valence-corrected chi connectivity index (χ3v) is 5.29. The predicted molar refractivity (Wildman–Crippen MR) is 68.7 cm³/mol. The Bertz CT molecular complexity index is 251. The molecule has 0 aromatic carbocycles. The highest BCUT2D eigenvalue weighted by atomic mass is 16.5. The van der Waals surface area contributed by atoms with Crippen LogP contribution in [0.5, 0.6) is 0 Å². The van der Waals surface area contributed by atoms with E-state index in [1.807, 2.05) is 0 Å². The molecular weight excluding hydrogens is 214 g/mol. The van der Waals surface area contributed by atoms with Gasteiger partial charge in [0, 0.05) is 25.2 Å². The smallest absolute Gasteiger partial charge is 0.0745 e. The van der Waals surface area contributed by atoms with E-state index < -0.39 is 5.60 Å². The van der Waals surface area contributed by atoms with E-state index in [-0.39, 0.29) is 5.41 Å². The summed E-state index contributed by atoms with van der Waals surface area (Å²) in [6, 6.07) is 0. The van der Waals surface area contributed by atoms with Crippen LogP contribution < -0.4 is 5.73 Å². The molecule has 0 radical (unpaired) electrons. The lowest BCUT2D eigenvalue weighted by molar-refractivity contribution is -0.176. The van der Waals surface area contributed by atoms with E-state index in [2.05, 4.69) is 6.92 Å². The maximum absolute atomic E-state index is 11.3. The standard InChI is InChI=1S/C14H27NO2/c1-2-12-5-3-4-6-14(12,16)13(11-15)7-9-17-10-8-13/h12,16H,2-11,15H2,1H3. The number of hydrogen-bond acceptors (Lipinski definition) is 3. The van der Waals surface area contributed by atoms with Crippen molar-refractivity contribution >= 4 is 0 Å². The van der Waals surface area contributed by atoms with E-state index in [4.69, 9.17) is 10.5 Å². The number of aliphatic hydroxyl groups is 1. The molecule has 1 aliphatic heterocycles. The zero-order valence-corrected chi connectivity index (χ0v) is 11.1. The molecule has 1 saturated carbocycles. The van der Waals surface area contributed by atoms with Gasteiger partial charge in [0.15, 0.2) is 0 Å². The van der Waals surface area contributed by atoms with Crippen LogP contribution in [0.15, 0.2) is 0 Å². The molecule has 3 N–H and O–H groups in total. The predicted octanol–water partition coefficient (Wildman–Crippen LogP) is 2.07. The molecule has 2 atom stereocenters. The zero-order chi connectivity index (χ0) is 12.4. The SMILES string of the molecule is CCC1CCCCC1(O)C1(CN)CCOCC1. The second kappa shape index (κ2) is 5.25. The lowest BCUT2D eigenvalue weighted by atomic mass is 9.56. The van der Waals surface area contributed by atoms with Crippen LogP contribution in [-0.2, 0) is 4.74 Å². The zero-order valence-electron chi connectivity index (χ0n) is 11.1. The molecule has 0 bridgehead atoms. The van der Waals surface area contributed by atoms with Crippen molar-refractivity contribution < 1.29 is 9.84 Å². The Kier molecular flexibility index (Phi) is 4.11. The van der Waals surface area contributed by atoms with Crippen molar-refractivity contribution in [3.8, 4) is 0 Å². The van der Waals surface area contributed by atoms with Crippen molar-refractivity contribution in [1.29, 1.82) is 0 Å². The van der Waals surface area contributed by atoms with Crippen LogP contribution in [0.2, 0.25) is 0 Å².